The van der Waals surface area contributed by atoms with E-state index in [9.17, 15) is 14.9 Å². The molecule has 1 atom stereocenters. The molecule has 6 heteroatoms. The van der Waals surface area contributed by atoms with Gasteiger partial charge in [-0.15, -0.1) is 0 Å². The number of hydrogen-bond donors (Lipinski definition) is 0. The van der Waals surface area contributed by atoms with Gasteiger partial charge in [-0.05, 0) is 18.1 Å². The summed E-state index contributed by atoms with van der Waals surface area (Å²) in [4.78, 5) is 28.1. The van der Waals surface area contributed by atoms with Crippen molar-refractivity contribution < 1.29 is 14.5 Å². The summed E-state index contributed by atoms with van der Waals surface area (Å²) in [6, 6.07) is 15.6. The van der Waals surface area contributed by atoms with Crippen LogP contribution in [0.1, 0.15) is 25.0 Å². The minimum atomic E-state index is -1.17. The largest absolute Gasteiger partial charge is 0.405 e. The van der Waals surface area contributed by atoms with E-state index in [-0.39, 0.29) is 23.9 Å². The average molecular weight is 338 g/mol. The van der Waals surface area contributed by atoms with Gasteiger partial charge in [-0.3, -0.25) is 10.1 Å². The number of cyclic esters (lactones) is 1. The van der Waals surface area contributed by atoms with E-state index in [0.717, 1.165) is 0 Å². The number of para-hydroxylation sites is 1. The Hall–Kier alpha value is -3.02. The molecule has 3 rings (SSSR count). The number of nitrogens with zero attached hydrogens (tertiary/aromatic N) is 2. The van der Waals surface area contributed by atoms with Gasteiger partial charge in [0.25, 0.3) is 5.69 Å². The van der Waals surface area contributed by atoms with Gasteiger partial charge in [0.15, 0.2) is 5.54 Å². The third-order valence-corrected chi connectivity index (χ3v) is 4.47. The lowest BCUT2D eigenvalue weighted by Crippen LogP contribution is -2.41. The molecule has 6 nitrogen and oxygen atoms in total. The van der Waals surface area contributed by atoms with Crippen molar-refractivity contribution in [3.63, 3.8) is 0 Å². The van der Waals surface area contributed by atoms with Crippen LogP contribution >= 0.6 is 0 Å². The Morgan fingerprint density at radius 1 is 1.12 bits per heavy atom. The molecule has 0 N–H and O–H groups in total. The highest BCUT2D eigenvalue weighted by Crippen LogP contribution is 2.36. The molecule has 0 fully saturated rings. The van der Waals surface area contributed by atoms with E-state index in [1.165, 1.54) is 6.07 Å². The molecule has 0 radical (unpaired) electrons. The van der Waals surface area contributed by atoms with E-state index >= 15 is 0 Å². The zero-order valence-electron chi connectivity index (χ0n) is 14.0. The van der Waals surface area contributed by atoms with Crippen molar-refractivity contribution >= 4 is 17.6 Å². The Morgan fingerprint density at radius 2 is 1.76 bits per heavy atom. The van der Waals surface area contributed by atoms with Crippen LogP contribution < -0.4 is 0 Å². The first kappa shape index (κ1) is 16.8. The number of aliphatic imine (C=N–C) groups is 1. The lowest BCUT2D eigenvalue weighted by molar-refractivity contribution is -0.385. The number of esters is 1. The number of ether oxygens (including phenoxy) is 1. The van der Waals surface area contributed by atoms with Crippen molar-refractivity contribution in [1.82, 2.24) is 0 Å². The summed E-state index contributed by atoms with van der Waals surface area (Å²) in [6.45, 7) is 3.74. The number of rotatable bonds is 5. The van der Waals surface area contributed by atoms with Crippen LogP contribution in [0, 0.1) is 16.0 Å². The Labute approximate surface area is 145 Å². The average Bonchev–Trinajstić information content (AvgIpc) is 2.94. The zero-order valence-corrected chi connectivity index (χ0v) is 14.0. The number of carbonyl (C=O) groups excluding carboxylic acids is 1. The maximum Gasteiger partial charge on any atom is 0.341 e. The smallest absolute Gasteiger partial charge is 0.341 e. The van der Waals surface area contributed by atoms with Gasteiger partial charge >= 0.3 is 5.97 Å². The summed E-state index contributed by atoms with van der Waals surface area (Å²) in [5.41, 5.74) is -0.00655. The molecule has 0 saturated heterocycles. The molecule has 0 aromatic heterocycles. The maximum absolute atomic E-state index is 12.7. The molecular weight excluding hydrogens is 320 g/mol. The Kier molecular flexibility index (Phi) is 4.35. The fourth-order valence-electron chi connectivity index (χ4n) is 2.94. The Morgan fingerprint density at radius 3 is 2.40 bits per heavy atom. The third-order valence-electron chi connectivity index (χ3n) is 4.47. The molecule has 0 spiro atoms. The van der Waals surface area contributed by atoms with Crippen LogP contribution in [0.5, 0.6) is 0 Å². The molecule has 1 aliphatic rings. The van der Waals surface area contributed by atoms with Gasteiger partial charge in [-0.2, -0.15) is 0 Å². The second-order valence-corrected chi connectivity index (χ2v) is 6.31. The second kappa shape index (κ2) is 6.47. The van der Waals surface area contributed by atoms with E-state index in [4.69, 9.17) is 4.74 Å². The fourth-order valence-corrected chi connectivity index (χ4v) is 2.94. The van der Waals surface area contributed by atoms with E-state index in [2.05, 4.69) is 4.99 Å². The quantitative estimate of drug-likeness (QED) is 0.474. The zero-order chi connectivity index (χ0) is 18.0. The number of benzene rings is 2. The monoisotopic (exact) mass is 338 g/mol. The Balaban J connectivity index is 2.05. The first-order valence-corrected chi connectivity index (χ1v) is 8.04. The van der Waals surface area contributed by atoms with Crippen molar-refractivity contribution in [3.8, 4) is 0 Å². The van der Waals surface area contributed by atoms with Crippen molar-refractivity contribution in [1.29, 1.82) is 0 Å². The minimum absolute atomic E-state index is 0.0151. The maximum atomic E-state index is 12.7. The van der Waals surface area contributed by atoms with Gasteiger partial charge < -0.3 is 4.74 Å². The fraction of sp³-hybridized carbons (Fsp3) is 0.263. The summed E-state index contributed by atoms with van der Waals surface area (Å²) in [7, 11) is 0. The van der Waals surface area contributed by atoms with Gasteiger partial charge in [0.1, 0.15) is 0 Å². The van der Waals surface area contributed by atoms with Gasteiger partial charge in [-0.25, -0.2) is 9.79 Å². The van der Waals surface area contributed by atoms with Gasteiger partial charge in [0, 0.05) is 23.6 Å². The summed E-state index contributed by atoms with van der Waals surface area (Å²) >= 11 is 0. The highest BCUT2D eigenvalue weighted by molar-refractivity contribution is 6.08. The summed E-state index contributed by atoms with van der Waals surface area (Å²) in [6.07, 6.45) is 0.122. The van der Waals surface area contributed by atoms with Crippen molar-refractivity contribution in [3.05, 3.63) is 75.8 Å². The predicted octanol–water partition coefficient (Wildman–Crippen LogP) is 3.54. The predicted molar refractivity (Wildman–Crippen MR) is 93.4 cm³/mol. The molecule has 1 aliphatic heterocycles. The molecule has 25 heavy (non-hydrogen) atoms. The van der Waals surface area contributed by atoms with Crippen LogP contribution in [0.15, 0.2) is 59.6 Å². The first-order chi connectivity index (χ1) is 11.9. The highest BCUT2D eigenvalue weighted by Gasteiger charge is 2.49. The van der Waals surface area contributed by atoms with Gasteiger partial charge in [0.05, 0.1) is 4.92 Å². The number of nitro groups is 1. The van der Waals surface area contributed by atoms with Crippen LogP contribution in [0.2, 0.25) is 0 Å². The minimum Gasteiger partial charge on any atom is -0.405 e. The molecular formula is C19H18N2O4. The molecule has 1 heterocycles. The van der Waals surface area contributed by atoms with Crippen LogP contribution in [0.4, 0.5) is 5.69 Å². The normalized spacial score (nSPS) is 19.6. The van der Waals surface area contributed by atoms with Crippen LogP contribution in [0.25, 0.3) is 0 Å². The highest BCUT2D eigenvalue weighted by atomic mass is 16.6. The first-order valence-electron chi connectivity index (χ1n) is 8.04. The number of hydrogen-bond acceptors (Lipinski definition) is 5. The van der Waals surface area contributed by atoms with Crippen LogP contribution in [-0.2, 0) is 16.0 Å². The second-order valence-electron chi connectivity index (χ2n) is 6.31. The van der Waals surface area contributed by atoms with E-state index in [1.54, 1.807) is 18.2 Å². The number of nitro benzene ring substituents is 1. The number of carbonyl (C=O) groups is 1. The topological polar surface area (TPSA) is 81.8 Å². The summed E-state index contributed by atoms with van der Waals surface area (Å²) < 4.78 is 5.44. The lowest BCUT2D eigenvalue weighted by Gasteiger charge is -2.26. The van der Waals surface area contributed by atoms with Crippen molar-refractivity contribution in [2.45, 2.75) is 25.8 Å². The molecule has 1 unspecified atom stereocenters. The molecule has 128 valence electrons. The molecule has 0 saturated carbocycles. The SMILES string of the molecule is CC(C)C1(Cc2ccccc2[N+](=O)[O-])N=C(c2ccccc2)OC1=O. The summed E-state index contributed by atoms with van der Waals surface area (Å²) in [5.74, 6) is -0.390. The van der Waals surface area contributed by atoms with Crippen molar-refractivity contribution in [2.75, 3.05) is 0 Å². The molecule has 2 aromatic carbocycles. The van der Waals surface area contributed by atoms with Crippen LogP contribution in [0.3, 0.4) is 0 Å². The van der Waals surface area contributed by atoms with Gasteiger partial charge in [0.2, 0.25) is 5.90 Å². The molecule has 0 aliphatic carbocycles. The summed E-state index contributed by atoms with van der Waals surface area (Å²) in [5, 5.41) is 11.3. The van der Waals surface area contributed by atoms with Gasteiger partial charge in [-0.1, -0.05) is 50.2 Å². The molecule has 0 bridgehead atoms. The molecule has 2 aromatic rings. The third kappa shape index (κ3) is 3.03. The van der Waals surface area contributed by atoms with E-state index in [0.29, 0.717) is 11.1 Å². The van der Waals surface area contributed by atoms with E-state index < -0.39 is 16.4 Å². The standard InChI is InChI=1S/C19H18N2O4/c1-13(2)19(12-15-10-6-7-11-16(15)21(23)24)18(22)25-17(20-19)14-8-4-3-5-9-14/h3-11,13H,12H2,1-2H3. The molecule has 0 amide bonds. The van der Waals surface area contributed by atoms with Crippen molar-refractivity contribution in [2.24, 2.45) is 10.9 Å². The van der Waals surface area contributed by atoms with Crippen LogP contribution in [-0.4, -0.2) is 22.3 Å². The van der Waals surface area contributed by atoms with E-state index in [1.807, 2.05) is 44.2 Å². The lowest BCUT2D eigenvalue weighted by atomic mass is 9.81. The Bertz CT molecular complexity index is 846.